The van der Waals surface area contributed by atoms with Gasteiger partial charge in [0.1, 0.15) is 0 Å². The van der Waals surface area contributed by atoms with Crippen LogP contribution in [0.15, 0.2) is 47.6 Å². The van der Waals surface area contributed by atoms with E-state index < -0.39 is 0 Å². The molecule has 2 heterocycles. The Labute approximate surface area is 111 Å². The molecule has 5 nitrogen and oxygen atoms in total. The fraction of sp³-hybridized carbons (Fsp3) is 0.143. The van der Waals surface area contributed by atoms with Crippen LogP contribution in [-0.4, -0.2) is 5.96 Å². The van der Waals surface area contributed by atoms with Crippen LogP contribution in [0.3, 0.4) is 0 Å². The summed E-state index contributed by atoms with van der Waals surface area (Å²) < 4.78 is 2.06. The Bertz CT molecular complexity index is 611. The molecule has 1 aliphatic heterocycles. The van der Waals surface area contributed by atoms with Crippen molar-refractivity contribution in [2.24, 2.45) is 5.10 Å². The Balaban J connectivity index is 2.08. The number of pyridine rings is 1. The van der Waals surface area contributed by atoms with Crippen molar-refractivity contribution in [3.63, 3.8) is 0 Å². The molecule has 1 aromatic heterocycles. The summed E-state index contributed by atoms with van der Waals surface area (Å²) in [7, 11) is 0. The lowest BCUT2D eigenvalue weighted by atomic mass is 10.0. The van der Waals surface area contributed by atoms with Gasteiger partial charge in [-0.3, -0.25) is 0 Å². The zero-order chi connectivity index (χ0) is 13.2. The van der Waals surface area contributed by atoms with Crippen LogP contribution in [0.2, 0.25) is 0 Å². The summed E-state index contributed by atoms with van der Waals surface area (Å²) in [6.07, 6.45) is 0. The molecule has 0 bridgehead atoms. The third-order valence-electron chi connectivity index (χ3n) is 3.15. The first-order chi connectivity index (χ1) is 9.25. The van der Waals surface area contributed by atoms with Gasteiger partial charge in [0.2, 0.25) is 0 Å². The standard InChI is InChI=1S/C14H16N5/c1-10-8-13(12-6-4-3-5-7-12)9-11(2)19(10)14-15-17-18-16-14/h3-9,17-18H,1-2H3,(H,15,16)/q+1. The number of hydrazine groups is 2. The molecule has 2 aromatic rings. The Kier molecular flexibility index (Phi) is 2.89. The Morgan fingerprint density at radius 2 is 1.63 bits per heavy atom. The number of benzene rings is 1. The van der Waals surface area contributed by atoms with Crippen LogP contribution >= 0.6 is 0 Å². The zero-order valence-electron chi connectivity index (χ0n) is 10.9. The van der Waals surface area contributed by atoms with E-state index in [1.807, 2.05) is 6.07 Å². The molecule has 0 radical (unpaired) electrons. The molecule has 0 unspecified atom stereocenters. The fourth-order valence-electron chi connectivity index (χ4n) is 2.33. The molecule has 19 heavy (non-hydrogen) atoms. The van der Waals surface area contributed by atoms with E-state index in [1.54, 1.807) is 0 Å². The highest BCUT2D eigenvalue weighted by Gasteiger charge is 2.21. The highest BCUT2D eigenvalue weighted by Crippen LogP contribution is 2.19. The van der Waals surface area contributed by atoms with E-state index in [4.69, 9.17) is 0 Å². The van der Waals surface area contributed by atoms with E-state index in [0.717, 1.165) is 17.3 Å². The Hall–Kier alpha value is -2.40. The average Bonchev–Trinajstić information content (AvgIpc) is 2.93. The first-order valence-corrected chi connectivity index (χ1v) is 6.18. The number of hydrogen-bond donors (Lipinski definition) is 3. The van der Waals surface area contributed by atoms with Crippen LogP contribution in [0.4, 0.5) is 0 Å². The summed E-state index contributed by atoms with van der Waals surface area (Å²) in [5, 5.41) is 4.14. The van der Waals surface area contributed by atoms with Crippen molar-refractivity contribution in [1.29, 1.82) is 0 Å². The summed E-state index contributed by atoms with van der Waals surface area (Å²) in [5.41, 5.74) is 13.1. The minimum atomic E-state index is 0.745. The highest BCUT2D eigenvalue weighted by molar-refractivity contribution is 5.72. The highest BCUT2D eigenvalue weighted by atomic mass is 15.8. The molecule has 0 spiro atoms. The third kappa shape index (κ3) is 2.15. The number of rotatable bonds is 1. The molecule has 3 N–H and O–H groups in total. The van der Waals surface area contributed by atoms with Crippen molar-refractivity contribution in [2.45, 2.75) is 13.8 Å². The lowest BCUT2D eigenvalue weighted by Crippen LogP contribution is -2.56. The van der Waals surface area contributed by atoms with E-state index in [2.05, 4.69) is 76.4 Å². The lowest BCUT2D eigenvalue weighted by molar-refractivity contribution is -0.573. The lowest BCUT2D eigenvalue weighted by Gasteiger charge is -2.10. The summed E-state index contributed by atoms with van der Waals surface area (Å²) in [5.74, 6) is 0.745. The van der Waals surface area contributed by atoms with Gasteiger partial charge in [-0.2, -0.15) is 5.43 Å². The molecule has 0 fully saturated rings. The topological polar surface area (TPSA) is 52.3 Å². The predicted molar refractivity (Wildman–Crippen MR) is 73.8 cm³/mol. The number of hydrazone groups is 1. The Morgan fingerprint density at radius 3 is 2.21 bits per heavy atom. The van der Waals surface area contributed by atoms with Crippen molar-refractivity contribution in [3.8, 4) is 11.1 Å². The maximum absolute atomic E-state index is 4.14. The maximum atomic E-state index is 4.14. The number of aromatic nitrogens is 1. The average molecular weight is 254 g/mol. The van der Waals surface area contributed by atoms with Crippen LogP contribution < -0.4 is 21.1 Å². The van der Waals surface area contributed by atoms with Gasteiger partial charge in [0.15, 0.2) is 0 Å². The second kappa shape index (κ2) is 4.70. The van der Waals surface area contributed by atoms with Gasteiger partial charge in [-0.25, -0.2) is 4.57 Å². The fourth-order valence-corrected chi connectivity index (χ4v) is 2.33. The van der Waals surface area contributed by atoms with Gasteiger partial charge < -0.3 is 0 Å². The number of aryl methyl sites for hydroxylation is 2. The van der Waals surface area contributed by atoms with E-state index in [-0.39, 0.29) is 0 Å². The molecule has 3 rings (SSSR count). The predicted octanol–water partition coefficient (Wildman–Crippen LogP) is 0.989. The summed E-state index contributed by atoms with van der Waals surface area (Å²) in [4.78, 5) is 0. The number of nitrogens with one attached hydrogen (secondary N) is 3. The molecular weight excluding hydrogens is 238 g/mol. The monoisotopic (exact) mass is 254 g/mol. The molecule has 1 aliphatic rings. The van der Waals surface area contributed by atoms with Gasteiger partial charge in [-0.1, -0.05) is 35.9 Å². The van der Waals surface area contributed by atoms with Crippen LogP contribution in [0, 0.1) is 13.8 Å². The minimum Gasteiger partial charge on any atom is -0.201 e. The molecular formula is C14H16N5+. The summed E-state index contributed by atoms with van der Waals surface area (Å²) in [6.45, 7) is 4.14. The Morgan fingerprint density at radius 1 is 0.947 bits per heavy atom. The van der Waals surface area contributed by atoms with E-state index in [9.17, 15) is 0 Å². The second-order valence-corrected chi connectivity index (χ2v) is 4.53. The molecule has 0 amide bonds. The van der Waals surface area contributed by atoms with Crippen molar-refractivity contribution in [3.05, 3.63) is 53.9 Å². The minimum absolute atomic E-state index is 0.745. The van der Waals surface area contributed by atoms with Gasteiger partial charge in [0.05, 0.1) is 11.4 Å². The van der Waals surface area contributed by atoms with Crippen LogP contribution in [0.5, 0.6) is 0 Å². The SMILES string of the molecule is Cc1cc(-c2ccccc2)cc(C)[n+]1C1=NNNN1. The smallest absolute Gasteiger partial charge is 0.201 e. The van der Waals surface area contributed by atoms with Crippen molar-refractivity contribution >= 4 is 5.96 Å². The second-order valence-electron chi connectivity index (χ2n) is 4.53. The molecule has 0 atom stereocenters. The van der Waals surface area contributed by atoms with E-state index in [1.165, 1.54) is 11.1 Å². The molecule has 0 saturated carbocycles. The zero-order valence-corrected chi connectivity index (χ0v) is 10.9. The summed E-state index contributed by atoms with van der Waals surface area (Å²) >= 11 is 0. The number of nitrogens with zero attached hydrogens (tertiary/aromatic N) is 2. The van der Waals surface area contributed by atoms with Crippen LogP contribution in [0.25, 0.3) is 11.1 Å². The molecule has 0 saturated heterocycles. The first kappa shape index (κ1) is 11.7. The van der Waals surface area contributed by atoms with Gasteiger partial charge in [0, 0.05) is 5.10 Å². The molecule has 5 heteroatoms. The van der Waals surface area contributed by atoms with Gasteiger partial charge in [-0.15, -0.1) is 5.53 Å². The van der Waals surface area contributed by atoms with Crippen molar-refractivity contribution in [1.82, 2.24) is 16.5 Å². The van der Waals surface area contributed by atoms with E-state index >= 15 is 0 Å². The normalized spacial score (nSPS) is 13.7. The van der Waals surface area contributed by atoms with Crippen LogP contribution in [0.1, 0.15) is 11.4 Å². The largest absolute Gasteiger partial charge is 0.436 e. The third-order valence-corrected chi connectivity index (χ3v) is 3.15. The molecule has 1 aromatic carbocycles. The van der Waals surface area contributed by atoms with Gasteiger partial charge in [-0.05, 0) is 37.1 Å². The summed E-state index contributed by atoms with van der Waals surface area (Å²) in [6, 6.07) is 14.7. The quantitative estimate of drug-likeness (QED) is 0.665. The first-order valence-electron chi connectivity index (χ1n) is 6.18. The van der Waals surface area contributed by atoms with Gasteiger partial charge in [0.25, 0.3) is 0 Å². The van der Waals surface area contributed by atoms with Crippen molar-refractivity contribution < 1.29 is 4.57 Å². The number of hydrogen-bond acceptors (Lipinski definition) is 4. The maximum Gasteiger partial charge on any atom is 0.436 e. The van der Waals surface area contributed by atoms with Gasteiger partial charge >= 0.3 is 5.96 Å². The molecule has 0 aliphatic carbocycles. The van der Waals surface area contributed by atoms with Crippen molar-refractivity contribution in [2.75, 3.05) is 0 Å². The van der Waals surface area contributed by atoms with Crippen LogP contribution in [-0.2, 0) is 0 Å². The molecule has 96 valence electrons. The van der Waals surface area contributed by atoms with E-state index in [0.29, 0.717) is 0 Å².